The number of benzene rings is 1. The third-order valence-electron chi connectivity index (χ3n) is 2.28. The first-order chi connectivity index (χ1) is 7.81. The number of hydrogen-bond acceptors (Lipinski definition) is 4. The fourth-order valence-corrected chi connectivity index (χ4v) is 2.31. The molecule has 0 fully saturated rings. The first-order valence-electron chi connectivity index (χ1n) is 5.15. The van der Waals surface area contributed by atoms with Crippen molar-refractivity contribution in [2.75, 3.05) is 6.61 Å². The largest absolute Gasteiger partial charge is 0.507 e. The van der Waals surface area contributed by atoms with E-state index >= 15 is 0 Å². The van der Waals surface area contributed by atoms with Gasteiger partial charge in [0.25, 0.3) is 0 Å². The molecule has 84 valence electrons. The van der Waals surface area contributed by atoms with Gasteiger partial charge in [0.05, 0.1) is 10.7 Å². The summed E-state index contributed by atoms with van der Waals surface area (Å²) in [5, 5.41) is 21.3. The molecule has 0 saturated heterocycles. The second-order valence-electron chi connectivity index (χ2n) is 3.47. The molecule has 2 N–H and O–H groups in total. The van der Waals surface area contributed by atoms with E-state index in [2.05, 4.69) is 4.98 Å². The number of phenols is 1. The average Bonchev–Trinajstić information content (AvgIpc) is 2.75. The molecule has 1 aromatic heterocycles. The quantitative estimate of drug-likeness (QED) is 0.855. The van der Waals surface area contributed by atoms with Crippen molar-refractivity contribution >= 4 is 11.3 Å². The van der Waals surface area contributed by atoms with Gasteiger partial charge >= 0.3 is 0 Å². The van der Waals surface area contributed by atoms with Crippen LogP contribution >= 0.6 is 11.3 Å². The minimum Gasteiger partial charge on any atom is -0.507 e. The van der Waals surface area contributed by atoms with Crippen LogP contribution in [0, 0.1) is 0 Å². The highest BCUT2D eigenvalue weighted by Gasteiger charge is 2.07. The zero-order chi connectivity index (χ0) is 11.4. The van der Waals surface area contributed by atoms with E-state index < -0.39 is 0 Å². The summed E-state index contributed by atoms with van der Waals surface area (Å²) in [7, 11) is 0. The maximum Gasteiger partial charge on any atom is 0.125 e. The Labute approximate surface area is 98.0 Å². The zero-order valence-corrected chi connectivity index (χ0v) is 9.57. The molecule has 0 unspecified atom stereocenters. The number of hydrogen-bond donors (Lipinski definition) is 2. The van der Waals surface area contributed by atoms with E-state index in [1.807, 2.05) is 17.5 Å². The normalized spacial score (nSPS) is 10.6. The van der Waals surface area contributed by atoms with Crippen molar-refractivity contribution in [3.63, 3.8) is 0 Å². The highest BCUT2D eigenvalue weighted by atomic mass is 32.1. The Bertz CT molecular complexity index is 468. The van der Waals surface area contributed by atoms with Gasteiger partial charge in [0.1, 0.15) is 5.75 Å². The van der Waals surface area contributed by atoms with Crippen LogP contribution in [0.15, 0.2) is 29.6 Å². The summed E-state index contributed by atoms with van der Waals surface area (Å²) < 4.78 is 0. The molecule has 0 saturated carbocycles. The summed E-state index contributed by atoms with van der Waals surface area (Å²) in [5.74, 6) is 0.251. The monoisotopic (exact) mass is 235 g/mol. The van der Waals surface area contributed by atoms with Gasteiger partial charge < -0.3 is 10.2 Å². The maximum absolute atomic E-state index is 9.67. The lowest BCUT2D eigenvalue weighted by Gasteiger charge is -1.99. The second-order valence-corrected chi connectivity index (χ2v) is 4.41. The molecule has 4 heteroatoms. The van der Waals surface area contributed by atoms with Crippen molar-refractivity contribution in [1.82, 2.24) is 4.98 Å². The van der Waals surface area contributed by atoms with Gasteiger partial charge in [0, 0.05) is 24.0 Å². The molecule has 0 amide bonds. The van der Waals surface area contributed by atoms with E-state index in [1.54, 1.807) is 23.5 Å². The molecule has 1 heterocycles. The number of nitrogens with zero attached hydrogens (tertiary/aromatic N) is 1. The molecule has 3 nitrogen and oxygen atoms in total. The van der Waals surface area contributed by atoms with Crippen molar-refractivity contribution < 1.29 is 10.2 Å². The number of aromatic hydroxyl groups is 1. The van der Waals surface area contributed by atoms with Gasteiger partial charge in [0.15, 0.2) is 0 Å². The number of aromatic nitrogens is 1. The van der Waals surface area contributed by atoms with Gasteiger partial charge in [-0.05, 0) is 18.6 Å². The van der Waals surface area contributed by atoms with Gasteiger partial charge in [0.2, 0.25) is 0 Å². The van der Waals surface area contributed by atoms with E-state index in [0.717, 1.165) is 29.1 Å². The maximum atomic E-state index is 9.67. The Morgan fingerprint density at radius 2 is 2.06 bits per heavy atom. The highest BCUT2D eigenvalue weighted by Crippen LogP contribution is 2.29. The van der Waals surface area contributed by atoms with Gasteiger partial charge in [-0.1, -0.05) is 12.1 Å². The van der Waals surface area contributed by atoms with Crippen LogP contribution in [0.2, 0.25) is 0 Å². The van der Waals surface area contributed by atoms with Crippen LogP contribution in [0.25, 0.3) is 11.3 Å². The van der Waals surface area contributed by atoms with Crippen LogP contribution in [0.5, 0.6) is 5.75 Å². The van der Waals surface area contributed by atoms with Gasteiger partial charge in [-0.15, -0.1) is 11.3 Å². The Morgan fingerprint density at radius 3 is 2.81 bits per heavy atom. The summed E-state index contributed by atoms with van der Waals surface area (Å²) in [6.45, 7) is 0.186. The van der Waals surface area contributed by atoms with Crippen LogP contribution in [-0.4, -0.2) is 21.8 Å². The van der Waals surface area contributed by atoms with E-state index in [4.69, 9.17) is 5.11 Å². The van der Waals surface area contributed by atoms with Gasteiger partial charge in [-0.3, -0.25) is 0 Å². The molecule has 1 aromatic carbocycles. The Kier molecular flexibility index (Phi) is 3.54. The summed E-state index contributed by atoms with van der Waals surface area (Å²) in [6, 6.07) is 7.17. The number of para-hydroxylation sites is 1. The lowest BCUT2D eigenvalue weighted by atomic mass is 10.1. The van der Waals surface area contributed by atoms with E-state index in [9.17, 15) is 5.11 Å². The number of aliphatic hydroxyl groups is 1. The van der Waals surface area contributed by atoms with Crippen molar-refractivity contribution in [3.05, 3.63) is 34.7 Å². The Hall–Kier alpha value is -1.39. The van der Waals surface area contributed by atoms with E-state index in [0.29, 0.717) is 0 Å². The van der Waals surface area contributed by atoms with E-state index in [-0.39, 0.29) is 12.4 Å². The first kappa shape index (κ1) is 11.1. The number of aryl methyl sites for hydroxylation is 1. The molecule has 0 aliphatic heterocycles. The van der Waals surface area contributed by atoms with Gasteiger partial charge in [-0.2, -0.15) is 0 Å². The number of aliphatic hydroxyl groups excluding tert-OH is 1. The number of thiazole rings is 1. The fraction of sp³-hybridized carbons (Fsp3) is 0.250. The predicted octanol–water partition coefficient (Wildman–Crippen LogP) is 2.44. The lowest BCUT2D eigenvalue weighted by molar-refractivity contribution is 0.288. The number of rotatable bonds is 4. The summed E-state index contributed by atoms with van der Waals surface area (Å²) >= 11 is 1.56. The molecule has 0 aliphatic carbocycles. The molecule has 2 aromatic rings. The van der Waals surface area contributed by atoms with Crippen LogP contribution in [-0.2, 0) is 6.42 Å². The summed E-state index contributed by atoms with van der Waals surface area (Å²) in [6.07, 6.45) is 1.52. The molecule has 0 spiro atoms. The van der Waals surface area contributed by atoms with Gasteiger partial charge in [-0.25, -0.2) is 4.98 Å². The topological polar surface area (TPSA) is 53.4 Å². The lowest BCUT2D eigenvalue weighted by Crippen LogP contribution is -1.88. The Balaban J connectivity index is 2.22. The van der Waals surface area contributed by atoms with Crippen molar-refractivity contribution in [2.24, 2.45) is 0 Å². The summed E-state index contributed by atoms with van der Waals surface area (Å²) in [5.41, 5.74) is 1.56. The molecular formula is C12H13NO2S. The molecule has 16 heavy (non-hydrogen) atoms. The third-order valence-corrected chi connectivity index (χ3v) is 3.19. The summed E-state index contributed by atoms with van der Waals surface area (Å²) in [4.78, 5) is 4.43. The smallest absolute Gasteiger partial charge is 0.125 e. The molecule has 0 radical (unpaired) electrons. The molecule has 0 bridgehead atoms. The molecule has 0 atom stereocenters. The van der Waals surface area contributed by atoms with Crippen LogP contribution in [0.4, 0.5) is 0 Å². The SMILES string of the molecule is OCCCc1nc(-c2ccccc2O)cs1. The number of phenolic OH excluding ortho intramolecular Hbond substituents is 1. The predicted molar refractivity (Wildman–Crippen MR) is 64.6 cm³/mol. The minimum atomic E-state index is 0.186. The van der Waals surface area contributed by atoms with Crippen molar-refractivity contribution in [1.29, 1.82) is 0 Å². The fourth-order valence-electron chi connectivity index (χ4n) is 1.47. The second kappa shape index (κ2) is 5.09. The standard InChI is InChI=1S/C12H13NO2S/c14-7-3-6-12-13-10(8-16-12)9-4-1-2-5-11(9)15/h1-2,4-5,8,14-15H,3,6-7H2. The Morgan fingerprint density at radius 1 is 1.25 bits per heavy atom. The van der Waals surface area contributed by atoms with Crippen molar-refractivity contribution in [3.8, 4) is 17.0 Å². The zero-order valence-electron chi connectivity index (χ0n) is 8.76. The molecule has 2 rings (SSSR count). The first-order valence-corrected chi connectivity index (χ1v) is 6.03. The van der Waals surface area contributed by atoms with Crippen LogP contribution in [0.3, 0.4) is 0 Å². The average molecular weight is 235 g/mol. The molecule has 0 aliphatic rings. The van der Waals surface area contributed by atoms with Crippen LogP contribution in [0.1, 0.15) is 11.4 Å². The third kappa shape index (κ3) is 2.40. The highest BCUT2D eigenvalue weighted by molar-refractivity contribution is 7.09. The minimum absolute atomic E-state index is 0.186. The van der Waals surface area contributed by atoms with Crippen LogP contribution < -0.4 is 0 Å². The van der Waals surface area contributed by atoms with E-state index in [1.165, 1.54) is 0 Å². The molecular weight excluding hydrogens is 222 g/mol. The van der Waals surface area contributed by atoms with Crippen molar-refractivity contribution in [2.45, 2.75) is 12.8 Å².